The summed E-state index contributed by atoms with van der Waals surface area (Å²) in [6.45, 7) is 3.49. The van der Waals surface area contributed by atoms with Crippen molar-refractivity contribution in [3.8, 4) is 0 Å². The zero-order valence-corrected chi connectivity index (χ0v) is 16.1. The number of carbonyl (C=O) groups is 1. The second-order valence-corrected chi connectivity index (χ2v) is 8.85. The second-order valence-electron chi connectivity index (χ2n) is 6.17. The first-order valence-electron chi connectivity index (χ1n) is 8.53. The molecule has 0 aliphatic carbocycles. The number of amides is 1. The molecule has 1 amide bonds. The monoisotopic (exact) mass is 392 g/mol. The van der Waals surface area contributed by atoms with Crippen LogP contribution in [0.25, 0.3) is 0 Å². The van der Waals surface area contributed by atoms with E-state index in [2.05, 4.69) is 5.32 Å². The molecule has 3 rings (SSSR count). The molecule has 2 aromatic rings. The average molecular weight is 393 g/mol. The number of piperazine rings is 1. The van der Waals surface area contributed by atoms with E-state index in [1.54, 1.807) is 24.0 Å². The van der Waals surface area contributed by atoms with Crippen molar-refractivity contribution in [1.82, 2.24) is 10.2 Å². The molecule has 0 bridgehead atoms. The van der Waals surface area contributed by atoms with Crippen LogP contribution in [0.4, 0.5) is 0 Å². The normalized spacial score (nSPS) is 17.9. The van der Waals surface area contributed by atoms with Crippen LogP contribution in [0.15, 0.2) is 53.4 Å². The highest BCUT2D eigenvalue weighted by molar-refractivity contribution is 7.91. The minimum atomic E-state index is -3.28. The Balaban J connectivity index is 1.89. The summed E-state index contributed by atoms with van der Waals surface area (Å²) in [5.41, 5.74) is 1.37. The minimum absolute atomic E-state index is 0.0344. The van der Waals surface area contributed by atoms with Gasteiger partial charge in [0, 0.05) is 30.2 Å². The van der Waals surface area contributed by atoms with Gasteiger partial charge in [0.1, 0.15) is 0 Å². The van der Waals surface area contributed by atoms with Crippen molar-refractivity contribution in [1.29, 1.82) is 0 Å². The van der Waals surface area contributed by atoms with E-state index in [0.717, 1.165) is 5.56 Å². The van der Waals surface area contributed by atoms with E-state index in [-0.39, 0.29) is 22.6 Å². The van der Waals surface area contributed by atoms with Gasteiger partial charge in [0.25, 0.3) is 5.91 Å². The number of sulfone groups is 1. The summed E-state index contributed by atoms with van der Waals surface area (Å²) in [6, 6.07) is 13.5. The number of nitrogens with one attached hydrogen (secondary N) is 1. The van der Waals surface area contributed by atoms with Crippen molar-refractivity contribution >= 4 is 27.3 Å². The van der Waals surface area contributed by atoms with Crippen LogP contribution < -0.4 is 5.32 Å². The molecule has 1 heterocycles. The van der Waals surface area contributed by atoms with Gasteiger partial charge in [0.2, 0.25) is 0 Å². The highest BCUT2D eigenvalue weighted by Crippen LogP contribution is 2.29. The summed E-state index contributed by atoms with van der Waals surface area (Å²) >= 11 is 6.33. The van der Waals surface area contributed by atoms with Crippen molar-refractivity contribution in [2.75, 3.05) is 25.4 Å². The first-order valence-corrected chi connectivity index (χ1v) is 10.6. The van der Waals surface area contributed by atoms with Gasteiger partial charge in [-0.3, -0.25) is 4.79 Å². The summed E-state index contributed by atoms with van der Waals surface area (Å²) in [5.74, 6) is -0.0935. The topological polar surface area (TPSA) is 66.5 Å². The van der Waals surface area contributed by atoms with Gasteiger partial charge in [0.05, 0.1) is 16.7 Å². The van der Waals surface area contributed by atoms with Gasteiger partial charge in [0.15, 0.2) is 9.84 Å². The molecule has 138 valence electrons. The molecular weight excluding hydrogens is 372 g/mol. The number of rotatable bonds is 4. The fourth-order valence-electron chi connectivity index (χ4n) is 3.11. The Bertz CT molecular complexity index is 897. The predicted molar refractivity (Wildman–Crippen MR) is 102 cm³/mol. The van der Waals surface area contributed by atoms with Gasteiger partial charge in [-0.15, -0.1) is 0 Å². The largest absolute Gasteiger partial charge is 0.329 e. The van der Waals surface area contributed by atoms with Crippen molar-refractivity contribution in [2.45, 2.75) is 17.9 Å². The van der Waals surface area contributed by atoms with Crippen molar-refractivity contribution in [2.24, 2.45) is 0 Å². The summed E-state index contributed by atoms with van der Waals surface area (Å²) in [7, 11) is -3.28. The summed E-state index contributed by atoms with van der Waals surface area (Å²) in [4.78, 5) is 15.1. The van der Waals surface area contributed by atoms with Crippen LogP contribution in [0.5, 0.6) is 0 Å². The Morgan fingerprint density at radius 3 is 2.54 bits per heavy atom. The molecule has 26 heavy (non-hydrogen) atoms. The van der Waals surface area contributed by atoms with Crippen LogP contribution in [-0.4, -0.2) is 44.6 Å². The van der Waals surface area contributed by atoms with E-state index in [9.17, 15) is 13.2 Å². The van der Waals surface area contributed by atoms with Crippen LogP contribution >= 0.6 is 11.6 Å². The zero-order chi connectivity index (χ0) is 18.7. The first kappa shape index (κ1) is 18.9. The molecule has 1 saturated heterocycles. The predicted octanol–water partition coefficient (Wildman–Crippen LogP) is 2.92. The Labute approximate surface area is 158 Å². The minimum Gasteiger partial charge on any atom is -0.329 e. The summed E-state index contributed by atoms with van der Waals surface area (Å²) in [6.07, 6.45) is 0. The van der Waals surface area contributed by atoms with E-state index < -0.39 is 9.84 Å². The third kappa shape index (κ3) is 3.77. The SMILES string of the molecule is CCS(=O)(=O)c1ccc(C(=O)N2CCNCC2c2ccccc2Cl)cc1. The lowest BCUT2D eigenvalue weighted by molar-refractivity contribution is 0.0634. The molecular formula is C19H21ClN2O3S. The van der Waals surface area contributed by atoms with E-state index >= 15 is 0 Å². The molecule has 1 unspecified atom stereocenters. The summed E-state index contributed by atoms with van der Waals surface area (Å²) in [5, 5.41) is 3.93. The summed E-state index contributed by atoms with van der Waals surface area (Å²) < 4.78 is 23.9. The number of carbonyl (C=O) groups excluding carboxylic acids is 1. The van der Waals surface area contributed by atoms with E-state index in [1.807, 2.05) is 24.3 Å². The van der Waals surface area contributed by atoms with Crippen LogP contribution in [-0.2, 0) is 9.84 Å². The fraction of sp³-hybridized carbons (Fsp3) is 0.316. The molecule has 0 radical (unpaired) electrons. The highest BCUT2D eigenvalue weighted by Gasteiger charge is 2.30. The van der Waals surface area contributed by atoms with Gasteiger partial charge >= 0.3 is 0 Å². The molecule has 1 aliphatic rings. The molecule has 0 saturated carbocycles. The number of hydrogen-bond acceptors (Lipinski definition) is 4. The maximum absolute atomic E-state index is 13.0. The maximum Gasteiger partial charge on any atom is 0.254 e. The number of benzene rings is 2. The number of nitrogens with zero attached hydrogens (tertiary/aromatic N) is 1. The van der Waals surface area contributed by atoms with Crippen LogP contribution in [0.2, 0.25) is 5.02 Å². The van der Waals surface area contributed by atoms with Crippen molar-refractivity contribution < 1.29 is 13.2 Å². The van der Waals surface area contributed by atoms with Gasteiger partial charge in [-0.1, -0.05) is 36.7 Å². The molecule has 1 N–H and O–H groups in total. The van der Waals surface area contributed by atoms with Crippen LogP contribution in [0, 0.1) is 0 Å². The first-order chi connectivity index (χ1) is 12.4. The van der Waals surface area contributed by atoms with Crippen molar-refractivity contribution in [3.63, 3.8) is 0 Å². The molecule has 1 fully saturated rings. The number of halogens is 1. The Morgan fingerprint density at radius 2 is 1.88 bits per heavy atom. The Hall–Kier alpha value is -1.89. The standard InChI is InChI=1S/C19H21ClN2O3S/c1-2-26(24,25)15-9-7-14(8-10-15)19(23)22-12-11-21-13-18(22)16-5-3-4-6-17(16)20/h3-10,18,21H,2,11-13H2,1H3. The van der Waals surface area contributed by atoms with Gasteiger partial charge in [-0.2, -0.15) is 0 Å². The van der Waals surface area contributed by atoms with Gasteiger partial charge in [-0.25, -0.2) is 8.42 Å². The lowest BCUT2D eigenvalue weighted by atomic mass is 10.0. The Kier molecular flexibility index (Phi) is 5.65. The third-order valence-electron chi connectivity index (χ3n) is 4.61. The lowest BCUT2D eigenvalue weighted by Crippen LogP contribution is -2.48. The zero-order valence-electron chi connectivity index (χ0n) is 14.5. The van der Waals surface area contributed by atoms with E-state index in [4.69, 9.17) is 11.6 Å². The second kappa shape index (κ2) is 7.78. The molecule has 2 aromatic carbocycles. The quantitative estimate of drug-likeness (QED) is 0.868. The van der Waals surface area contributed by atoms with Gasteiger partial charge < -0.3 is 10.2 Å². The fourth-order valence-corrected chi connectivity index (χ4v) is 4.25. The smallest absolute Gasteiger partial charge is 0.254 e. The van der Waals surface area contributed by atoms with Crippen LogP contribution in [0.1, 0.15) is 28.9 Å². The van der Waals surface area contributed by atoms with Crippen LogP contribution in [0.3, 0.4) is 0 Å². The van der Waals surface area contributed by atoms with Gasteiger partial charge in [-0.05, 0) is 35.9 Å². The van der Waals surface area contributed by atoms with E-state index in [0.29, 0.717) is 30.2 Å². The number of hydrogen-bond donors (Lipinski definition) is 1. The highest BCUT2D eigenvalue weighted by atomic mass is 35.5. The average Bonchev–Trinajstić information content (AvgIpc) is 2.68. The molecule has 1 aliphatic heterocycles. The molecule has 1 atom stereocenters. The maximum atomic E-state index is 13.0. The van der Waals surface area contributed by atoms with Crippen molar-refractivity contribution in [3.05, 3.63) is 64.7 Å². The third-order valence-corrected chi connectivity index (χ3v) is 6.70. The molecule has 7 heteroatoms. The molecule has 5 nitrogen and oxygen atoms in total. The Morgan fingerprint density at radius 1 is 1.19 bits per heavy atom. The lowest BCUT2D eigenvalue weighted by Gasteiger charge is -2.37. The molecule has 0 spiro atoms. The molecule has 0 aromatic heterocycles. The van der Waals surface area contributed by atoms with E-state index in [1.165, 1.54) is 12.1 Å².